The fourth-order valence-corrected chi connectivity index (χ4v) is 7.73. The van der Waals surface area contributed by atoms with Crippen LogP contribution in [0.5, 0.6) is 0 Å². The molecule has 3 atom stereocenters. The van der Waals surface area contributed by atoms with Crippen molar-refractivity contribution >= 4 is 21.8 Å². The number of aliphatic hydroxyl groups excluding tert-OH is 1. The second-order valence-electron chi connectivity index (χ2n) is 12.2. The maximum Gasteiger partial charge on any atom is 0.315 e. The molecule has 0 spiro atoms. The number of aryl methyl sites for hydroxylation is 1. The first-order chi connectivity index (χ1) is 22.9. The van der Waals surface area contributed by atoms with Gasteiger partial charge in [-0.15, -0.1) is 0 Å². The SMILES string of the molecule is CCCC(CCC)S(=O)(=O)C[C@H](NC(=O)NCc1ccccc1)C(=O)N[C@@H](Cc1cc(F)cc(F)c1)[C@H](O)CNCc1cccc(C)c1. The predicted molar refractivity (Wildman–Crippen MR) is 184 cm³/mol. The number of carbonyl (C=O) groups excluding carboxylic acids is 2. The molecule has 0 saturated heterocycles. The fourth-order valence-electron chi connectivity index (χ4n) is 5.56. The number of rotatable bonds is 19. The molecule has 9 nitrogen and oxygen atoms in total. The Hall–Kier alpha value is -3.87. The van der Waals surface area contributed by atoms with Gasteiger partial charge in [-0.2, -0.15) is 0 Å². The average molecular weight is 687 g/mol. The van der Waals surface area contributed by atoms with Crippen LogP contribution in [0, 0.1) is 18.6 Å². The lowest BCUT2D eigenvalue weighted by atomic mass is 10.00. The van der Waals surface area contributed by atoms with Crippen LogP contribution in [-0.2, 0) is 34.1 Å². The van der Waals surface area contributed by atoms with Gasteiger partial charge in [-0.3, -0.25) is 4.79 Å². The van der Waals surface area contributed by atoms with Crippen LogP contribution in [-0.4, -0.2) is 61.2 Å². The summed E-state index contributed by atoms with van der Waals surface area (Å²) in [5, 5.41) is 21.6. The van der Waals surface area contributed by atoms with Crippen molar-refractivity contribution in [3.8, 4) is 0 Å². The van der Waals surface area contributed by atoms with Crippen LogP contribution in [0.4, 0.5) is 13.6 Å². The van der Waals surface area contributed by atoms with Gasteiger partial charge in [-0.05, 0) is 55.0 Å². The van der Waals surface area contributed by atoms with Gasteiger partial charge in [0.2, 0.25) is 5.91 Å². The van der Waals surface area contributed by atoms with Crippen molar-refractivity contribution < 1.29 is 31.9 Å². The Bertz CT molecular complexity index is 1550. The molecule has 12 heteroatoms. The minimum Gasteiger partial charge on any atom is -0.390 e. The highest BCUT2D eigenvalue weighted by Crippen LogP contribution is 2.18. The number of benzene rings is 3. The zero-order chi connectivity index (χ0) is 35.1. The molecule has 0 radical (unpaired) electrons. The lowest BCUT2D eigenvalue weighted by molar-refractivity contribution is -0.124. The quantitative estimate of drug-likeness (QED) is 0.124. The number of aliphatic hydroxyl groups is 1. The smallest absolute Gasteiger partial charge is 0.315 e. The van der Waals surface area contributed by atoms with E-state index in [1.807, 2.05) is 75.4 Å². The zero-order valence-electron chi connectivity index (χ0n) is 27.8. The number of hydrogen-bond acceptors (Lipinski definition) is 6. The van der Waals surface area contributed by atoms with E-state index in [-0.39, 0.29) is 25.1 Å². The van der Waals surface area contributed by atoms with Crippen LogP contribution < -0.4 is 21.3 Å². The number of urea groups is 1. The summed E-state index contributed by atoms with van der Waals surface area (Å²) in [6.45, 7) is 6.27. The van der Waals surface area contributed by atoms with Crippen molar-refractivity contribution in [1.29, 1.82) is 0 Å². The highest BCUT2D eigenvalue weighted by Gasteiger charge is 2.34. The summed E-state index contributed by atoms with van der Waals surface area (Å²) >= 11 is 0. The summed E-state index contributed by atoms with van der Waals surface area (Å²) in [5.74, 6) is -3.15. The van der Waals surface area contributed by atoms with Crippen molar-refractivity contribution in [2.75, 3.05) is 12.3 Å². The zero-order valence-corrected chi connectivity index (χ0v) is 28.7. The molecule has 0 bridgehead atoms. The van der Waals surface area contributed by atoms with Crippen molar-refractivity contribution in [3.05, 3.63) is 107 Å². The van der Waals surface area contributed by atoms with Gasteiger partial charge in [0.05, 0.1) is 23.1 Å². The van der Waals surface area contributed by atoms with E-state index in [0.29, 0.717) is 32.2 Å². The van der Waals surface area contributed by atoms with Crippen molar-refractivity contribution in [2.45, 2.75) is 89.4 Å². The summed E-state index contributed by atoms with van der Waals surface area (Å²) in [4.78, 5) is 26.8. The van der Waals surface area contributed by atoms with E-state index in [2.05, 4.69) is 21.3 Å². The third-order valence-electron chi connectivity index (χ3n) is 7.98. The second-order valence-corrected chi connectivity index (χ2v) is 14.5. The standard InChI is InChI=1S/C36H48F2N4O5S/c1-4-10-31(11-5-2)48(46,47)24-33(42-36(45)40-22-26-13-7-6-8-14-26)35(44)41-32(19-28-17-29(37)20-30(38)18-28)34(43)23-39-21-27-15-9-12-25(3)16-27/h6-9,12-18,20,31-34,39,43H,4-5,10-11,19,21-24H2,1-3H3,(H,41,44)(H2,40,42,45)/t32-,33-,34+/m0/s1. The molecular weight excluding hydrogens is 638 g/mol. The second kappa shape index (κ2) is 19.2. The van der Waals surface area contributed by atoms with E-state index in [0.717, 1.165) is 34.9 Å². The minimum absolute atomic E-state index is 0.000282. The normalized spacial score (nSPS) is 13.5. The molecule has 0 aliphatic carbocycles. The Morgan fingerprint density at radius 2 is 1.46 bits per heavy atom. The number of carbonyl (C=O) groups is 2. The Labute approximate surface area is 282 Å². The third-order valence-corrected chi connectivity index (χ3v) is 10.3. The highest BCUT2D eigenvalue weighted by molar-refractivity contribution is 7.92. The minimum atomic E-state index is -3.86. The Morgan fingerprint density at radius 1 is 0.812 bits per heavy atom. The van der Waals surface area contributed by atoms with Crippen LogP contribution in [0.3, 0.4) is 0 Å². The molecule has 3 aromatic rings. The topological polar surface area (TPSA) is 137 Å². The molecule has 0 heterocycles. The van der Waals surface area contributed by atoms with E-state index >= 15 is 0 Å². The third kappa shape index (κ3) is 13.0. The largest absolute Gasteiger partial charge is 0.390 e. The molecule has 48 heavy (non-hydrogen) atoms. The molecule has 0 unspecified atom stereocenters. The Kier molecular flexibility index (Phi) is 15.4. The molecule has 3 amide bonds. The maximum absolute atomic E-state index is 14.1. The number of hydrogen-bond donors (Lipinski definition) is 5. The van der Waals surface area contributed by atoms with Gasteiger partial charge in [0.1, 0.15) is 17.7 Å². The molecular formula is C36H48F2N4O5S. The van der Waals surface area contributed by atoms with Crippen LogP contribution in [0.1, 0.15) is 61.8 Å². The average Bonchev–Trinajstić information content (AvgIpc) is 3.03. The molecule has 0 aliphatic rings. The lowest BCUT2D eigenvalue weighted by Crippen LogP contribution is -2.58. The van der Waals surface area contributed by atoms with Gasteiger partial charge in [0.15, 0.2) is 9.84 Å². The monoisotopic (exact) mass is 686 g/mol. The van der Waals surface area contributed by atoms with E-state index in [1.54, 1.807) is 0 Å². The van der Waals surface area contributed by atoms with Crippen LogP contribution in [0.25, 0.3) is 0 Å². The lowest BCUT2D eigenvalue weighted by Gasteiger charge is -2.28. The predicted octanol–water partition coefficient (Wildman–Crippen LogP) is 4.70. The Balaban J connectivity index is 1.84. The first-order valence-corrected chi connectivity index (χ1v) is 18.1. The maximum atomic E-state index is 14.1. The molecule has 3 rings (SSSR count). The molecule has 0 aliphatic heterocycles. The van der Waals surface area contributed by atoms with Crippen molar-refractivity contribution in [1.82, 2.24) is 21.3 Å². The summed E-state index contributed by atoms with van der Waals surface area (Å²) in [6, 6.07) is 16.4. The number of halogens is 2. The van der Waals surface area contributed by atoms with Crippen LogP contribution >= 0.6 is 0 Å². The number of sulfone groups is 1. The van der Waals surface area contributed by atoms with E-state index in [9.17, 15) is 31.9 Å². The number of nitrogens with one attached hydrogen (secondary N) is 4. The van der Waals surface area contributed by atoms with Crippen molar-refractivity contribution in [2.24, 2.45) is 0 Å². The first-order valence-electron chi connectivity index (χ1n) is 16.4. The van der Waals surface area contributed by atoms with Gasteiger partial charge in [-0.25, -0.2) is 22.0 Å². The van der Waals surface area contributed by atoms with Crippen LogP contribution in [0.15, 0.2) is 72.8 Å². The first kappa shape index (κ1) is 38.6. The Morgan fingerprint density at radius 3 is 2.08 bits per heavy atom. The fraction of sp³-hybridized carbons (Fsp3) is 0.444. The summed E-state index contributed by atoms with van der Waals surface area (Å²) < 4.78 is 55.3. The van der Waals surface area contributed by atoms with Gasteiger partial charge in [-0.1, -0.05) is 86.8 Å². The van der Waals surface area contributed by atoms with E-state index in [4.69, 9.17) is 0 Å². The van der Waals surface area contributed by atoms with Crippen molar-refractivity contribution in [3.63, 3.8) is 0 Å². The van der Waals surface area contributed by atoms with E-state index < -0.39 is 62.6 Å². The molecule has 5 N–H and O–H groups in total. The van der Waals surface area contributed by atoms with Gasteiger partial charge >= 0.3 is 6.03 Å². The molecule has 0 aromatic heterocycles. The summed E-state index contributed by atoms with van der Waals surface area (Å²) in [5.41, 5.74) is 3.02. The summed E-state index contributed by atoms with van der Waals surface area (Å²) in [6.07, 6.45) is 0.650. The summed E-state index contributed by atoms with van der Waals surface area (Å²) in [7, 11) is -3.86. The highest BCUT2D eigenvalue weighted by atomic mass is 32.2. The van der Waals surface area contributed by atoms with Gasteiger partial charge in [0, 0.05) is 25.7 Å². The molecule has 262 valence electrons. The molecule has 3 aromatic carbocycles. The molecule has 0 fully saturated rings. The number of amides is 3. The van der Waals surface area contributed by atoms with Gasteiger partial charge < -0.3 is 26.4 Å². The van der Waals surface area contributed by atoms with E-state index in [1.165, 1.54) is 0 Å². The van der Waals surface area contributed by atoms with Gasteiger partial charge in [0.25, 0.3) is 0 Å². The van der Waals surface area contributed by atoms with Crippen LogP contribution in [0.2, 0.25) is 0 Å². The molecule has 0 saturated carbocycles.